The summed E-state index contributed by atoms with van der Waals surface area (Å²) in [4.78, 5) is 32.7. The van der Waals surface area contributed by atoms with E-state index in [9.17, 15) is 9.59 Å². The molecule has 4 aromatic carbocycles. The molecule has 0 spiro atoms. The molecule has 0 saturated carbocycles. The smallest absolute Gasteiger partial charge is 0.294 e. The fraction of sp³-hybridized carbons (Fsp3) is 0.176. The summed E-state index contributed by atoms with van der Waals surface area (Å²) in [6, 6.07) is 33.4. The van der Waals surface area contributed by atoms with E-state index < -0.39 is 0 Å². The number of carbonyl (C=O) groups is 2. The van der Waals surface area contributed by atoms with Crippen LogP contribution in [-0.2, 0) is 11.3 Å². The molecule has 0 aromatic heterocycles. The topological polar surface area (TPSA) is 53.1 Å². The van der Waals surface area contributed by atoms with Crippen molar-refractivity contribution in [2.45, 2.75) is 13.5 Å². The van der Waals surface area contributed by atoms with E-state index in [1.54, 1.807) is 11.0 Å². The summed E-state index contributed by atoms with van der Waals surface area (Å²) in [5, 5.41) is 0. The SMILES string of the molecule is Cc1cccc(CN2C(=O)C(=Cc3ccc(C(=O)N4CCN(c5ccccc5)CC4)cc3)Oc3ccccc32)c1. The molecule has 6 nitrogen and oxygen atoms in total. The Morgan fingerprint density at radius 2 is 1.55 bits per heavy atom. The first-order valence-corrected chi connectivity index (χ1v) is 13.6. The molecule has 40 heavy (non-hydrogen) atoms. The van der Waals surface area contributed by atoms with Gasteiger partial charge in [-0.3, -0.25) is 14.5 Å². The van der Waals surface area contributed by atoms with Crippen molar-refractivity contribution < 1.29 is 14.3 Å². The summed E-state index contributed by atoms with van der Waals surface area (Å²) in [5.41, 5.74) is 5.57. The van der Waals surface area contributed by atoms with Crippen LogP contribution < -0.4 is 14.5 Å². The number of amides is 2. The van der Waals surface area contributed by atoms with Crippen molar-refractivity contribution in [2.24, 2.45) is 0 Å². The minimum atomic E-state index is -0.198. The Hall–Kier alpha value is -4.84. The van der Waals surface area contributed by atoms with Gasteiger partial charge in [-0.05, 0) is 60.5 Å². The third-order valence-electron chi connectivity index (χ3n) is 7.40. The van der Waals surface area contributed by atoms with E-state index in [1.807, 2.05) is 96.8 Å². The molecule has 2 heterocycles. The summed E-state index contributed by atoms with van der Waals surface area (Å²) in [5.74, 6) is 0.719. The average molecular weight is 530 g/mol. The highest BCUT2D eigenvalue weighted by molar-refractivity contribution is 6.09. The molecular formula is C34H31N3O3. The number of piperazine rings is 1. The molecule has 200 valence electrons. The predicted octanol–water partition coefficient (Wildman–Crippen LogP) is 5.92. The van der Waals surface area contributed by atoms with Crippen LogP contribution in [0.2, 0.25) is 0 Å². The average Bonchev–Trinajstić information content (AvgIpc) is 3.00. The Morgan fingerprint density at radius 1 is 0.825 bits per heavy atom. The zero-order valence-corrected chi connectivity index (χ0v) is 22.5. The maximum Gasteiger partial charge on any atom is 0.294 e. The molecular weight excluding hydrogens is 498 g/mol. The Bertz CT molecular complexity index is 1560. The van der Waals surface area contributed by atoms with E-state index in [4.69, 9.17) is 4.74 Å². The molecule has 6 rings (SSSR count). The number of ether oxygens (including phenoxy) is 1. The zero-order chi connectivity index (χ0) is 27.5. The number of hydrogen-bond donors (Lipinski definition) is 0. The fourth-order valence-corrected chi connectivity index (χ4v) is 5.27. The van der Waals surface area contributed by atoms with Crippen LogP contribution in [0.15, 0.2) is 109 Å². The highest BCUT2D eigenvalue weighted by Crippen LogP contribution is 2.36. The second kappa shape index (κ2) is 11.1. The molecule has 4 aromatic rings. The van der Waals surface area contributed by atoms with Gasteiger partial charge in [0.05, 0.1) is 12.2 Å². The number of hydrogen-bond acceptors (Lipinski definition) is 4. The lowest BCUT2D eigenvalue weighted by atomic mass is 10.1. The van der Waals surface area contributed by atoms with E-state index in [0.717, 1.165) is 35.5 Å². The maximum absolute atomic E-state index is 13.6. The Morgan fingerprint density at radius 3 is 2.30 bits per heavy atom. The molecule has 6 heteroatoms. The van der Waals surface area contributed by atoms with Crippen molar-refractivity contribution >= 4 is 29.3 Å². The normalized spacial score (nSPS) is 16.1. The fourth-order valence-electron chi connectivity index (χ4n) is 5.27. The highest BCUT2D eigenvalue weighted by atomic mass is 16.5. The predicted molar refractivity (Wildman–Crippen MR) is 158 cm³/mol. The van der Waals surface area contributed by atoms with Gasteiger partial charge in [-0.15, -0.1) is 0 Å². The summed E-state index contributed by atoms with van der Waals surface area (Å²) >= 11 is 0. The first-order valence-electron chi connectivity index (χ1n) is 13.6. The van der Waals surface area contributed by atoms with E-state index in [1.165, 1.54) is 5.69 Å². The number of fused-ring (bicyclic) bond motifs is 1. The van der Waals surface area contributed by atoms with Crippen LogP contribution >= 0.6 is 0 Å². The first-order chi connectivity index (χ1) is 19.5. The van der Waals surface area contributed by atoms with Crippen LogP contribution in [-0.4, -0.2) is 42.9 Å². The maximum atomic E-state index is 13.6. The monoisotopic (exact) mass is 529 g/mol. The molecule has 2 aliphatic rings. The van der Waals surface area contributed by atoms with Gasteiger partial charge in [0.2, 0.25) is 0 Å². The molecule has 0 N–H and O–H groups in total. The molecule has 2 amide bonds. The molecule has 0 bridgehead atoms. The second-order valence-electron chi connectivity index (χ2n) is 10.2. The third-order valence-corrected chi connectivity index (χ3v) is 7.40. The lowest BCUT2D eigenvalue weighted by Crippen LogP contribution is -2.48. The summed E-state index contributed by atoms with van der Waals surface area (Å²) in [6.07, 6.45) is 1.74. The van der Waals surface area contributed by atoms with Crippen LogP contribution in [0.25, 0.3) is 6.08 Å². The molecule has 0 aliphatic carbocycles. The van der Waals surface area contributed by atoms with Crippen LogP contribution in [0, 0.1) is 6.92 Å². The second-order valence-corrected chi connectivity index (χ2v) is 10.2. The van der Waals surface area contributed by atoms with Crippen LogP contribution in [0.4, 0.5) is 11.4 Å². The van der Waals surface area contributed by atoms with Crippen LogP contribution in [0.5, 0.6) is 5.75 Å². The molecule has 1 saturated heterocycles. The first kappa shape index (κ1) is 25.4. The molecule has 2 aliphatic heterocycles. The summed E-state index contributed by atoms with van der Waals surface area (Å²) < 4.78 is 6.05. The molecule has 0 radical (unpaired) electrons. The Kier molecular flexibility index (Phi) is 7.06. The van der Waals surface area contributed by atoms with E-state index in [-0.39, 0.29) is 17.6 Å². The highest BCUT2D eigenvalue weighted by Gasteiger charge is 2.30. The number of benzene rings is 4. The van der Waals surface area contributed by atoms with Gasteiger partial charge >= 0.3 is 0 Å². The molecule has 0 unspecified atom stereocenters. The Balaban J connectivity index is 1.17. The summed E-state index contributed by atoms with van der Waals surface area (Å²) in [6.45, 7) is 5.46. The number of para-hydroxylation sites is 3. The van der Waals surface area contributed by atoms with Crippen LogP contribution in [0.3, 0.4) is 0 Å². The van der Waals surface area contributed by atoms with Gasteiger partial charge in [0.1, 0.15) is 0 Å². The largest absolute Gasteiger partial charge is 0.449 e. The van der Waals surface area contributed by atoms with Gasteiger partial charge in [0.15, 0.2) is 11.5 Å². The number of rotatable bonds is 5. The van der Waals surface area contributed by atoms with Crippen molar-refractivity contribution in [1.29, 1.82) is 0 Å². The number of aryl methyl sites for hydroxylation is 1. The minimum Gasteiger partial charge on any atom is -0.449 e. The van der Waals surface area contributed by atoms with E-state index in [0.29, 0.717) is 30.9 Å². The van der Waals surface area contributed by atoms with E-state index in [2.05, 4.69) is 23.1 Å². The van der Waals surface area contributed by atoms with Gasteiger partial charge in [-0.1, -0.05) is 72.3 Å². The van der Waals surface area contributed by atoms with Crippen molar-refractivity contribution in [3.8, 4) is 5.75 Å². The van der Waals surface area contributed by atoms with Gasteiger partial charge in [0.25, 0.3) is 11.8 Å². The van der Waals surface area contributed by atoms with Gasteiger partial charge < -0.3 is 14.5 Å². The van der Waals surface area contributed by atoms with Crippen molar-refractivity contribution in [3.05, 3.63) is 131 Å². The van der Waals surface area contributed by atoms with Gasteiger partial charge in [-0.2, -0.15) is 0 Å². The van der Waals surface area contributed by atoms with Crippen molar-refractivity contribution in [2.75, 3.05) is 36.0 Å². The Labute approximate surface area is 234 Å². The third kappa shape index (κ3) is 5.34. The number of nitrogens with zero attached hydrogens (tertiary/aromatic N) is 3. The zero-order valence-electron chi connectivity index (χ0n) is 22.5. The number of carbonyl (C=O) groups excluding carboxylic acids is 2. The lowest BCUT2D eigenvalue weighted by Gasteiger charge is -2.36. The van der Waals surface area contributed by atoms with Crippen molar-refractivity contribution in [3.63, 3.8) is 0 Å². The molecule has 0 atom stereocenters. The quantitative estimate of drug-likeness (QED) is 0.301. The molecule has 1 fully saturated rings. The lowest BCUT2D eigenvalue weighted by molar-refractivity contribution is -0.117. The minimum absolute atomic E-state index is 0.0233. The van der Waals surface area contributed by atoms with Gasteiger partial charge in [0, 0.05) is 37.4 Å². The summed E-state index contributed by atoms with van der Waals surface area (Å²) in [7, 11) is 0. The number of anilines is 2. The van der Waals surface area contributed by atoms with Crippen LogP contribution in [0.1, 0.15) is 27.0 Å². The van der Waals surface area contributed by atoms with Gasteiger partial charge in [-0.25, -0.2) is 0 Å². The van der Waals surface area contributed by atoms with E-state index >= 15 is 0 Å². The standard InChI is InChI=1S/C34H31N3O3/c1-25-8-7-9-27(22-25)24-37-30-12-5-6-13-31(30)40-32(34(37)39)23-26-14-16-28(17-15-26)33(38)36-20-18-35(19-21-36)29-10-3-2-4-11-29/h2-17,22-23H,18-21,24H2,1H3. The van der Waals surface area contributed by atoms with Crippen molar-refractivity contribution in [1.82, 2.24) is 4.90 Å².